The van der Waals surface area contributed by atoms with Crippen molar-refractivity contribution >= 4 is 5.97 Å². The van der Waals surface area contributed by atoms with Crippen LogP contribution in [0.25, 0.3) is 0 Å². The van der Waals surface area contributed by atoms with Crippen LogP contribution in [0.3, 0.4) is 0 Å². The Bertz CT molecular complexity index is 706. The molecule has 1 fully saturated rings. The second-order valence-electron chi connectivity index (χ2n) is 6.81. The van der Waals surface area contributed by atoms with Crippen LogP contribution in [-0.2, 0) is 6.54 Å². The van der Waals surface area contributed by atoms with Crippen molar-refractivity contribution < 1.29 is 9.90 Å². The summed E-state index contributed by atoms with van der Waals surface area (Å²) in [6, 6.07) is 16.3. The Balaban J connectivity index is 1.65. The SMILES string of the molecule is Cc1ccc(C(CNCc2cccc(C(=O)O)c2)N2CCCC2)cc1. The van der Waals surface area contributed by atoms with E-state index in [-0.39, 0.29) is 0 Å². The fourth-order valence-electron chi connectivity index (χ4n) is 3.47. The topological polar surface area (TPSA) is 52.6 Å². The Morgan fingerprint density at radius 2 is 1.88 bits per heavy atom. The number of carboxylic acid groups (broad SMARTS) is 1. The van der Waals surface area contributed by atoms with Crippen LogP contribution < -0.4 is 5.32 Å². The fraction of sp³-hybridized carbons (Fsp3) is 0.381. The van der Waals surface area contributed by atoms with Crippen molar-refractivity contribution in [2.24, 2.45) is 0 Å². The highest BCUT2D eigenvalue weighted by atomic mass is 16.4. The summed E-state index contributed by atoms with van der Waals surface area (Å²) >= 11 is 0. The third-order valence-corrected chi connectivity index (χ3v) is 4.88. The third-order valence-electron chi connectivity index (χ3n) is 4.88. The van der Waals surface area contributed by atoms with Crippen LogP contribution in [0, 0.1) is 6.92 Å². The smallest absolute Gasteiger partial charge is 0.335 e. The van der Waals surface area contributed by atoms with E-state index in [1.807, 2.05) is 6.07 Å². The van der Waals surface area contributed by atoms with Crippen molar-refractivity contribution in [3.63, 3.8) is 0 Å². The minimum absolute atomic E-state index is 0.342. The molecule has 1 saturated heterocycles. The van der Waals surface area contributed by atoms with E-state index < -0.39 is 5.97 Å². The van der Waals surface area contributed by atoms with Crippen molar-refractivity contribution in [1.29, 1.82) is 0 Å². The summed E-state index contributed by atoms with van der Waals surface area (Å²) in [5, 5.41) is 12.6. The molecule has 0 aliphatic carbocycles. The normalized spacial score (nSPS) is 16.0. The van der Waals surface area contributed by atoms with Gasteiger partial charge in [0.25, 0.3) is 0 Å². The molecule has 0 saturated carbocycles. The molecule has 0 bridgehead atoms. The molecular weight excluding hydrogens is 312 g/mol. The van der Waals surface area contributed by atoms with Crippen molar-refractivity contribution in [2.75, 3.05) is 19.6 Å². The standard InChI is InChI=1S/C21H26N2O2/c1-16-7-9-18(10-8-16)20(23-11-2-3-12-23)15-22-14-17-5-4-6-19(13-17)21(24)25/h4-10,13,20,22H,2-3,11-12,14-15H2,1H3,(H,24,25). The van der Waals surface area contributed by atoms with Gasteiger partial charge in [-0.05, 0) is 56.1 Å². The molecular formula is C21H26N2O2. The maximum Gasteiger partial charge on any atom is 0.335 e. The van der Waals surface area contributed by atoms with Gasteiger partial charge in [0.2, 0.25) is 0 Å². The second-order valence-corrected chi connectivity index (χ2v) is 6.81. The molecule has 1 atom stereocenters. The maximum atomic E-state index is 11.1. The summed E-state index contributed by atoms with van der Waals surface area (Å²) in [6.07, 6.45) is 2.53. The van der Waals surface area contributed by atoms with E-state index in [4.69, 9.17) is 5.11 Å². The molecule has 25 heavy (non-hydrogen) atoms. The summed E-state index contributed by atoms with van der Waals surface area (Å²) in [5.41, 5.74) is 3.97. The molecule has 1 aliphatic rings. The van der Waals surface area contributed by atoms with Gasteiger partial charge < -0.3 is 10.4 Å². The van der Waals surface area contributed by atoms with E-state index >= 15 is 0 Å². The van der Waals surface area contributed by atoms with Gasteiger partial charge in [-0.2, -0.15) is 0 Å². The highest BCUT2D eigenvalue weighted by molar-refractivity contribution is 5.87. The zero-order valence-corrected chi connectivity index (χ0v) is 14.7. The predicted octanol–water partition coefficient (Wildman–Crippen LogP) is 3.62. The summed E-state index contributed by atoms with van der Waals surface area (Å²) < 4.78 is 0. The Labute approximate surface area is 149 Å². The van der Waals surface area contributed by atoms with Crippen molar-refractivity contribution in [2.45, 2.75) is 32.4 Å². The Morgan fingerprint density at radius 1 is 1.16 bits per heavy atom. The van der Waals surface area contributed by atoms with Gasteiger partial charge in [0.1, 0.15) is 0 Å². The first-order valence-electron chi connectivity index (χ1n) is 8.97. The molecule has 0 aromatic heterocycles. The number of rotatable bonds is 7. The number of nitrogens with one attached hydrogen (secondary N) is 1. The number of hydrogen-bond acceptors (Lipinski definition) is 3. The van der Waals surface area contributed by atoms with Crippen molar-refractivity contribution in [1.82, 2.24) is 10.2 Å². The molecule has 1 aliphatic heterocycles. The Hall–Kier alpha value is -2.17. The van der Waals surface area contributed by atoms with E-state index in [0.717, 1.165) is 25.2 Å². The number of benzene rings is 2. The monoisotopic (exact) mass is 338 g/mol. The van der Waals surface area contributed by atoms with Gasteiger partial charge in [0, 0.05) is 19.1 Å². The lowest BCUT2D eigenvalue weighted by Crippen LogP contribution is -2.34. The average Bonchev–Trinajstić information content (AvgIpc) is 3.14. The van der Waals surface area contributed by atoms with Crippen LogP contribution in [0.1, 0.15) is 45.9 Å². The van der Waals surface area contributed by atoms with Crippen LogP contribution >= 0.6 is 0 Å². The van der Waals surface area contributed by atoms with Crippen LogP contribution in [0.15, 0.2) is 48.5 Å². The quantitative estimate of drug-likeness (QED) is 0.810. The molecule has 0 radical (unpaired) electrons. The van der Waals surface area contributed by atoms with E-state index in [1.54, 1.807) is 18.2 Å². The molecule has 1 unspecified atom stereocenters. The van der Waals surface area contributed by atoms with Gasteiger partial charge in [-0.1, -0.05) is 42.0 Å². The van der Waals surface area contributed by atoms with E-state index in [0.29, 0.717) is 18.2 Å². The van der Waals surface area contributed by atoms with Gasteiger partial charge in [-0.15, -0.1) is 0 Å². The first-order valence-corrected chi connectivity index (χ1v) is 8.97. The van der Waals surface area contributed by atoms with Gasteiger partial charge >= 0.3 is 5.97 Å². The number of aryl methyl sites for hydroxylation is 1. The summed E-state index contributed by atoms with van der Waals surface area (Å²) in [6.45, 7) is 5.95. The van der Waals surface area contributed by atoms with Gasteiger partial charge in [0.15, 0.2) is 0 Å². The highest BCUT2D eigenvalue weighted by Crippen LogP contribution is 2.25. The van der Waals surface area contributed by atoms with Crippen molar-refractivity contribution in [3.8, 4) is 0 Å². The lowest BCUT2D eigenvalue weighted by atomic mass is 10.0. The van der Waals surface area contributed by atoms with E-state index in [9.17, 15) is 4.79 Å². The Morgan fingerprint density at radius 3 is 2.56 bits per heavy atom. The van der Waals surface area contributed by atoms with Gasteiger partial charge in [-0.3, -0.25) is 4.90 Å². The zero-order chi connectivity index (χ0) is 17.6. The molecule has 2 N–H and O–H groups in total. The zero-order valence-electron chi connectivity index (χ0n) is 14.7. The molecule has 0 spiro atoms. The predicted molar refractivity (Wildman–Crippen MR) is 99.8 cm³/mol. The molecule has 0 amide bonds. The van der Waals surface area contributed by atoms with E-state index in [2.05, 4.69) is 41.4 Å². The largest absolute Gasteiger partial charge is 0.478 e. The summed E-state index contributed by atoms with van der Waals surface area (Å²) in [5.74, 6) is -0.878. The molecule has 2 aromatic carbocycles. The minimum Gasteiger partial charge on any atom is -0.478 e. The van der Waals surface area contributed by atoms with Crippen LogP contribution in [0.4, 0.5) is 0 Å². The first-order chi connectivity index (χ1) is 12.1. The molecule has 1 heterocycles. The number of hydrogen-bond donors (Lipinski definition) is 2. The van der Waals surface area contributed by atoms with Gasteiger partial charge in [0.05, 0.1) is 5.56 Å². The molecule has 4 nitrogen and oxygen atoms in total. The average molecular weight is 338 g/mol. The molecule has 4 heteroatoms. The summed E-state index contributed by atoms with van der Waals surface area (Å²) in [4.78, 5) is 13.6. The number of likely N-dealkylation sites (tertiary alicyclic amines) is 1. The lowest BCUT2D eigenvalue weighted by Gasteiger charge is -2.28. The Kier molecular flexibility index (Phi) is 5.84. The van der Waals surface area contributed by atoms with Crippen LogP contribution in [-0.4, -0.2) is 35.6 Å². The molecule has 2 aromatic rings. The van der Waals surface area contributed by atoms with Gasteiger partial charge in [-0.25, -0.2) is 4.79 Å². The van der Waals surface area contributed by atoms with E-state index in [1.165, 1.54) is 24.0 Å². The third kappa shape index (κ3) is 4.68. The number of nitrogens with zero attached hydrogens (tertiary/aromatic N) is 1. The molecule has 132 valence electrons. The minimum atomic E-state index is -0.878. The summed E-state index contributed by atoms with van der Waals surface area (Å²) in [7, 11) is 0. The lowest BCUT2D eigenvalue weighted by molar-refractivity contribution is 0.0696. The first kappa shape index (κ1) is 17.6. The number of carboxylic acids is 1. The maximum absolute atomic E-state index is 11.1. The molecule has 3 rings (SSSR count). The number of aromatic carboxylic acids is 1. The second kappa shape index (κ2) is 8.28. The van der Waals surface area contributed by atoms with Crippen LogP contribution in [0.5, 0.6) is 0 Å². The van der Waals surface area contributed by atoms with Crippen molar-refractivity contribution in [3.05, 3.63) is 70.8 Å². The highest BCUT2D eigenvalue weighted by Gasteiger charge is 2.23. The fourth-order valence-corrected chi connectivity index (χ4v) is 3.47. The number of carbonyl (C=O) groups is 1. The van der Waals surface area contributed by atoms with Crippen LogP contribution in [0.2, 0.25) is 0 Å².